The highest BCUT2D eigenvalue weighted by Gasteiger charge is 2.25. The van der Waals surface area contributed by atoms with E-state index in [1.165, 1.54) is 0 Å². The minimum Gasteiger partial charge on any atom is -0.363 e. The van der Waals surface area contributed by atoms with Crippen LogP contribution in [0.25, 0.3) is 5.65 Å². The first kappa shape index (κ1) is 13.6. The highest BCUT2D eigenvalue weighted by Crippen LogP contribution is 2.23. The summed E-state index contributed by atoms with van der Waals surface area (Å²) in [4.78, 5) is 6.79. The lowest BCUT2D eigenvalue weighted by atomic mass is 10.2. The molecular weight excluding hydrogens is 290 g/mol. The number of hydrogen-bond acceptors (Lipinski definition) is 5. The Balaban J connectivity index is 1.54. The summed E-state index contributed by atoms with van der Waals surface area (Å²) in [5.74, 6) is 1.65. The molecule has 1 saturated heterocycles. The molecule has 1 atom stereocenters. The second-order valence-corrected chi connectivity index (χ2v) is 5.77. The highest BCUT2D eigenvalue weighted by atomic mass is 15.3. The summed E-state index contributed by atoms with van der Waals surface area (Å²) in [5.41, 5.74) is 1.34. The average molecular weight is 307 g/mol. The predicted octanol–water partition coefficient (Wildman–Crippen LogP) is 1.63. The second-order valence-electron chi connectivity index (χ2n) is 5.77. The van der Waals surface area contributed by atoms with Crippen LogP contribution < -0.4 is 10.2 Å². The first-order chi connectivity index (χ1) is 11.2. The molecule has 1 unspecified atom stereocenters. The van der Waals surface area contributed by atoms with Gasteiger partial charge in [-0.3, -0.25) is 9.08 Å². The molecule has 1 aliphatic rings. The summed E-state index contributed by atoms with van der Waals surface area (Å²) >= 11 is 0. The lowest BCUT2D eigenvalue weighted by Gasteiger charge is -2.16. The van der Waals surface area contributed by atoms with E-state index in [2.05, 4.69) is 26.4 Å². The zero-order valence-corrected chi connectivity index (χ0v) is 12.8. The Kier molecular flexibility index (Phi) is 3.15. The van der Waals surface area contributed by atoms with Crippen molar-refractivity contribution in [3.05, 3.63) is 42.4 Å². The van der Waals surface area contributed by atoms with Crippen LogP contribution in [-0.4, -0.2) is 38.3 Å². The van der Waals surface area contributed by atoms with Gasteiger partial charge in [0, 0.05) is 44.6 Å². The monoisotopic (exact) mass is 307 g/mol. The number of hydrogen-bond donors (Lipinski definition) is 1. The average Bonchev–Trinajstić information content (AvgIpc) is 3.25. The zero-order valence-electron chi connectivity index (χ0n) is 12.8. The Morgan fingerprint density at radius 2 is 2.22 bits per heavy atom. The molecule has 23 heavy (non-hydrogen) atoms. The van der Waals surface area contributed by atoms with E-state index in [-0.39, 0.29) is 6.04 Å². The molecule has 7 nitrogen and oxygen atoms in total. The van der Waals surface area contributed by atoms with Crippen molar-refractivity contribution in [2.75, 3.05) is 23.3 Å². The van der Waals surface area contributed by atoms with Crippen LogP contribution in [0, 0.1) is 11.3 Å². The molecular formula is C16H17N7. The van der Waals surface area contributed by atoms with Gasteiger partial charge in [-0.1, -0.05) is 6.07 Å². The number of rotatable bonds is 3. The van der Waals surface area contributed by atoms with Crippen molar-refractivity contribution in [2.45, 2.75) is 12.5 Å². The molecule has 3 aromatic rings. The highest BCUT2D eigenvalue weighted by molar-refractivity contribution is 5.59. The number of aryl methyl sites for hydroxylation is 1. The van der Waals surface area contributed by atoms with Crippen LogP contribution in [0.1, 0.15) is 12.1 Å². The van der Waals surface area contributed by atoms with Crippen LogP contribution in [0.15, 0.2) is 36.7 Å². The van der Waals surface area contributed by atoms with Crippen LogP contribution in [0.3, 0.4) is 0 Å². The molecule has 0 bridgehead atoms. The second kappa shape index (κ2) is 5.32. The van der Waals surface area contributed by atoms with Crippen molar-refractivity contribution < 1.29 is 0 Å². The van der Waals surface area contributed by atoms with Crippen molar-refractivity contribution in [3.8, 4) is 6.07 Å². The SMILES string of the molecule is Cn1ccc(N2CCC(Nc3nc4ccccn4c3C#N)C2)n1. The fraction of sp³-hybridized carbons (Fsp3) is 0.312. The van der Waals surface area contributed by atoms with E-state index < -0.39 is 0 Å². The van der Waals surface area contributed by atoms with E-state index in [1.807, 2.05) is 52.8 Å². The topological polar surface area (TPSA) is 74.2 Å². The number of pyridine rings is 1. The van der Waals surface area contributed by atoms with Gasteiger partial charge in [-0.15, -0.1) is 0 Å². The lowest BCUT2D eigenvalue weighted by Crippen LogP contribution is -2.26. The summed E-state index contributed by atoms with van der Waals surface area (Å²) in [6.07, 6.45) is 4.81. The molecule has 0 spiro atoms. The molecule has 0 aromatic carbocycles. The summed E-state index contributed by atoms with van der Waals surface area (Å²) < 4.78 is 3.62. The van der Waals surface area contributed by atoms with Gasteiger partial charge in [0.2, 0.25) is 0 Å². The summed E-state index contributed by atoms with van der Waals surface area (Å²) in [6.45, 7) is 1.81. The Morgan fingerprint density at radius 3 is 3.00 bits per heavy atom. The number of anilines is 2. The number of aromatic nitrogens is 4. The third-order valence-corrected chi connectivity index (χ3v) is 4.19. The standard InChI is InChI=1S/C16H17N7/c1-21-8-6-15(20-21)22-9-5-12(11-22)18-16-13(10-17)23-7-3-2-4-14(23)19-16/h2-4,6-8,12,18H,5,9,11H2,1H3. The molecule has 3 aromatic heterocycles. The number of fused-ring (bicyclic) bond motifs is 1. The van der Waals surface area contributed by atoms with Crippen molar-refractivity contribution in [1.29, 1.82) is 5.26 Å². The molecule has 1 aliphatic heterocycles. The van der Waals surface area contributed by atoms with Crippen LogP contribution >= 0.6 is 0 Å². The van der Waals surface area contributed by atoms with Gasteiger partial charge in [-0.2, -0.15) is 10.4 Å². The third kappa shape index (κ3) is 2.38. The van der Waals surface area contributed by atoms with E-state index in [4.69, 9.17) is 0 Å². The Hall–Kier alpha value is -3.01. The van der Waals surface area contributed by atoms with E-state index >= 15 is 0 Å². The van der Waals surface area contributed by atoms with Crippen molar-refractivity contribution in [3.63, 3.8) is 0 Å². The van der Waals surface area contributed by atoms with Crippen LogP contribution in [0.5, 0.6) is 0 Å². The molecule has 0 aliphatic carbocycles. The predicted molar refractivity (Wildman–Crippen MR) is 87.4 cm³/mol. The third-order valence-electron chi connectivity index (χ3n) is 4.19. The fourth-order valence-corrected chi connectivity index (χ4v) is 3.05. The van der Waals surface area contributed by atoms with Crippen LogP contribution in [0.2, 0.25) is 0 Å². The maximum Gasteiger partial charge on any atom is 0.168 e. The van der Waals surface area contributed by atoms with Crippen LogP contribution in [0.4, 0.5) is 11.6 Å². The van der Waals surface area contributed by atoms with Gasteiger partial charge in [0.1, 0.15) is 11.7 Å². The van der Waals surface area contributed by atoms with Crippen molar-refractivity contribution >= 4 is 17.3 Å². The van der Waals surface area contributed by atoms with Gasteiger partial charge in [-0.05, 0) is 18.6 Å². The first-order valence-electron chi connectivity index (χ1n) is 7.63. The zero-order chi connectivity index (χ0) is 15.8. The molecule has 1 N–H and O–H groups in total. The minimum atomic E-state index is 0.258. The number of nitrogens with one attached hydrogen (secondary N) is 1. The smallest absolute Gasteiger partial charge is 0.168 e. The van der Waals surface area contributed by atoms with Gasteiger partial charge in [-0.25, -0.2) is 4.98 Å². The molecule has 0 amide bonds. The van der Waals surface area contributed by atoms with Gasteiger partial charge in [0.15, 0.2) is 17.3 Å². The van der Waals surface area contributed by atoms with E-state index in [9.17, 15) is 5.26 Å². The molecule has 1 fully saturated rings. The molecule has 4 rings (SSSR count). The fourth-order valence-electron chi connectivity index (χ4n) is 3.05. The number of imidazole rings is 1. The largest absolute Gasteiger partial charge is 0.363 e. The molecule has 116 valence electrons. The summed E-state index contributed by atoms with van der Waals surface area (Å²) in [6, 6.07) is 10.3. The first-order valence-corrected chi connectivity index (χ1v) is 7.63. The van der Waals surface area contributed by atoms with Gasteiger partial charge >= 0.3 is 0 Å². The summed E-state index contributed by atoms with van der Waals surface area (Å²) in [5, 5.41) is 17.3. The van der Waals surface area contributed by atoms with Crippen molar-refractivity contribution in [1.82, 2.24) is 19.2 Å². The minimum absolute atomic E-state index is 0.258. The van der Waals surface area contributed by atoms with E-state index in [0.29, 0.717) is 11.5 Å². The normalized spacial score (nSPS) is 17.6. The van der Waals surface area contributed by atoms with E-state index in [1.54, 1.807) is 0 Å². The number of nitriles is 1. The molecule has 4 heterocycles. The lowest BCUT2D eigenvalue weighted by molar-refractivity contribution is 0.752. The van der Waals surface area contributed by atoms with Crippen molar-refractivity contribution in [2.24, 2.45) is 7.05 Å². The van der Waals surface area contributed by atoms with E-state index in [0.717, 1.165) is 31.0 Å². The van der Waals surface area contributed by atoms with Crippen LogP contribution in [-0.2, 0) is 7.05 Å². The summed E-state index contributed by atoms with van der Waals surface area (Å²) in [7, 11) is 1.92. The van der Waals surface area contributed by atoms with Gasteiger partial charge in [0.05, 0.1) is 0 Å². The quantitative estimate of drug-likeness (QED) is 0.796. The molecule has 7 heteroatoms. The Labute approximate surface area is 133 Å². The van der Waals surface area contributed by atoms with Gasteiger partial charge < -0.3 is 10.2 Å². The Morgan fingerprint density at radius 1 is 1.30 bits per heavy atom. The number of nitrogens with zero attached hydrogens (tertiary/aromatic N) is 6. The van der Waals surface area contributed by atoms with Gasteiger partial charge in [0.25, 0.3) is 0 Å². The maximum atomic E-state index is 9.44. The molecule has 0 saturated carbocycles. The Bertz CT molecular complexity index is 885. The molecule has 0 radical (unpaired) electrons. The maximum absolute atomic E-state index is 9.44.